The Morgan fingerprint density at radius 2 is 1.81 bits per heavy atom. The highest BCUT2D eigenvalue weighted by Gasteiger charge is 2.26. The van der Waals surface area contributed by atoms with E-state index >= 15 is 0 Å². The van der Waals surface area contributed by atoms with E-state index in [2.05, 4.69) is 0 Å². The van der Waals surface area contributed by atoms with Crippen molar-refractivity contribution in [3.63, 3.8) is 0 Å². The SMILES string of the molecule is NC(=O)N(O)CCOc1ccc2c(c1)CCN(c1cccc(-c3ccccc3)c1)C2=O. The lowest BCUT2D eigenvalue weighted by molar-refractivity contribution is -0.0464. The van der Waals surface area contributed by atoms with Gasteiger partial charge in [0, 0.05) is 17.8 Å². The van der Waals surface area contributed by atoms with Crippen molar-refractivity contribution in [2.24, 2.45) is 5.73 Å². The molecule has 158 valence electrons. The highest BCUT2D eigenvalue weighted by Crippen LogP contribution is 2.30. The van der Waals surface area contributed by atoms with Gasteiger partial charge in [-0.15, -0.1) is 0 Å². The average Bonchev–Trinajstić information content (AvgIpc) is 2.80. The Hall–Kier alpha value is -3.84. The van der Waals surface area contributed by atoms with Gasteiger partial charge >= 0.3 is 6.03 Å². The van der Waals surface area contributed by atoms with Crippen LogP contribution in [0.15, 0.2) is 72.8 Å². The molecule has 3 aromatic rings. The maximum absolute atomic E-state index is 13.1. The number of carbonyl (C=O) groups excluding carboxylic acids is 2. The molecular weight excluding hydrogens is 394 g/mol. The average molecular weight is 417 g/mol. The second kappa shape index (κ2) is 8.89. The first-order valence-electron chi connectivity index (χ1n) is 10.0. The van der Waals surface area contributed by atoms with Gasteiger partial charge in [-0.2, -0.15) is 0 Å². The molecule has 3 N–H and O–H groups in total. The molecule has 1 aliphatic rings. The molecule has 31 heavy (non-hydrogen) atoms. The molecule has 0 saturated carbocycles. The molecule has 3 aromatic carbocycles. The van der Waals surface area contributed by atoms with E-state index in [1.807, 2.05) is 60.7 Å². The number of urea groups is 1. The fourth-order valence-corrected chi connectivity index (χ4v) is 3.65. The van der Waals surface area contributed by atoms with E-state index in [1.165, 1.54) is 0 Å². The number of hydroxylamine groups is 2. The van der Waals surface area contributed by atoms with Gasteiger partial charge in [-0.25, -0.2) is 9.86 Å². The third-order valence-corrected chi connectivity index (χ3v) is 5.25. The number of nitrogens with two attached hydrogens (primary N) is 1. The summed E-state index contributed by atoms with van der Waals surface area (Å²) in [5.74, 6) is 0.525. The molecule has 7 heteroatoms. The Bertz CT molecular complexity index is 1100. The van der Waals surface area contributed by atoms with Crippen LogP contribution in [-0.2, 0) is 6.42 Å². The molecule has 0 unspecified atom stereocenters. The summed E-state index contributed by atoms with van der Waals surface area (Å²) < 4.78 is 5.57. The summed E-state index contributed by atoms with van der Waals surface area (Å²) in [5, 5.41) is 9.68. The molecule has 0 aromatic heterocycles. The van der Waals surface area contributed by atoms with Crippen LogP contribution < -0.4 is 15.4 Å². The number of hydrogen-bond donors (Lipinski definition) is 2. The number of fused-ring (bicyclic) bond motifs is 1. The normalized spacial score (nSPS) is 12.9. The molecule has 0 atom stereocenters. The van der Waals surface area contributed by atoms with E-state index in [-0.39, 0.29) is 19.1 Å². The molecule has 1 heterocycles. The zero-order valence-corrected chi connectivity index (χ0v) is 16.9. The Morgan fingerprint density at radius 1 is 1.03 bits per heavy atom. The standard InChI is InChI=1S/C24H23N3O4/c25-24(29)27(30)13-14-31-21-9-10-22-19(16-21)11-12-26(23(22)28)20-8-4-7-18(15-20)17-5-2-1-3-6-17/h1-10,15-16,30H,11-14H2,(H2,25,29). The molecule has 0 radical (unpaired) electrons. The van der Waals surface area contributed by atoms with Crippen LogP contribution >= 0.6 is 0 Å². The van der Waals surface area contributed by atoms with Crippen LogP contribution in [0.1, 0.15) is 15.9 Å². The summed E-state index contributed by atoms with van der Waals surface area (Å²) in [4.78, 5) is 25.8. The highest BCUT2D eigenvalue weighted by atomic mass is 16.5. The first kappa shape index (κ1) is 20.4. The van der Waals surface area contributed by atoms with Gasteiger partial charge in [0.25, 0.3) is 5.91 Å². The number of primary amides is 1. The highest BCUT2D eigenvalue weighted by molar-refractivity contribution is 6.08. The van der Waals surface area contributed by atoms with E-state index < -0.39 is 6.03 Å². The van der Waals surface area contributed by atoms with Crippen molar-refractivity contribution in [3.05, 3.63) is 83.9 Å². The number of anilines is 1. The smallest absolute Gasteiger partial charge is 0.338 e. The Kier molecular flexibility index (Phi) is 5.86. The number of benzene rings is 3. The van der Waals surface area contributed by atoms with E-state index in [0.717, 1.165) is 22.4 Å². The molecule has 0 bridgehead atoms. The summed E-state index contributed by atoms with van der Waals surface area (Å²) >= 11 is 0. The molecule has 0 aliphatic carbocycles. The molecule has 3 amide bonds. The summed E-state index contributed by atoms with van der Waals surface area (Å²) in [5.41, 5.74) is 9.56. The van der Waals surface area contributed by atoms with Crippen molar-refractivity contribution in [1.29, 1.82) is 0 Å². The van der Waals surface area contributed by atoms with Gasteiger partial charge < -0.3 is 15.4 Å². The number of carbonyl (C=O) groups is 2. The number of ether oxygens (including phenoxy) is 1. The largest absolute Gasteiger partial charge is 0.492 e. The molecule has 4 rings (SSSR count). The summed E-state index contributed by atoms with van der Waals surface area (Å²) in [6.45, 7) is 0.612. The minimum Gasteiger partial charge on any atom is -0.492 e. The van der Waals surface area contributed by atoms with Crippen molar-refractivity contribution in [2.75, 3.05) is 24.6 Å². The van der Waals surface area contributed by atoms with E-state index in [1.54, 1.807) is 17.0 Å². The zero-order chi connectivity index (χ0) is 21.8. The van der Waals surface area contributed by atoms with Crippen molar-refractivity contribution in [2.45, 2.75) is 6.42 Å². The summed E-state index contributed by atoms with van der Waals surface area (Å²) in [7, 11) is 0. The molecular formula is C24H23N3O4. The van der Waals surface area contributed by atoms with Crippen LogP contribution in [0, 0.1) is 0 Å². The molecule has 0 fully saturated rings. The van der Waals surface area contributed by atoms with Crippen LogP contribution in [0.2, 0.25) is 0 Å². The number of rotatable bonds is 6. The van der Waals surface area contributed by atoms with E-state index in [0.29, 0.717) is 29.3 Å². The van der Waals surface area contributed by atoms with Crippen LogP contribution in [0.4, 0.5) is 10.5 Å². The van der Waals surface area contributed by atoms with E-state index in [4.69, 9.17) is 10.5 Å². The molecule has 1 aliphatic heterocycles. The Balaban J connectivity index is 1.49. The van der Waals surface area contributed by atoms with Crippen molar-refractivity contribution in [3.8, 4) is 16.9 Å². The van der Waals surface area contributed by atoms with Crippen LogP contribution in [-0.4, -0.2) is 41.9 Å². The van der Waals surface area contributed by atoms with Gasteiger partial charge in [0.2, 0.25) is 0 Å². The summed E-state index contributed by atoms with van der Waals surface area (Å²) in [6.07, 6.45) is 0.696. The first-order chi connectivity index (χ1) is 15.0. The lowest BCUT2D eigenvalue weighted by atomic mass is 9.97. The van der Waals surface area contributed by atoms with Gasteiger partial charge in [-0.05, 0) is 53.4 Å². The maximum atomic E-state index is 13.1. The predicted molar refractivity (Wildman–Crippen MR) is 117 cm³/mol. The fourth-order valence-electron chi connectivity index (χ4n) is 3.65. The molecule has 7 nitrogen and oxygen atoms in total. The number of amides is 3. The Labute approximate surface area is 180 Å². The Morgan fingerprint density at radius 3 is 2.58 bits per heavy atom. The van der Waals surface area contributed by atoms with Crippen molar-refractivity contribution >= 4 is 17.6 Å². The lowest BCUT2D eigenvalue weighted by Crippen LogP contribution is -2.37. The van der Waals surface area contributed by atoms with Crippen LogP contribution in [0.25, 0.3) is 11.1 Å². The van der Waals surface area contributed by atoms with Gasteiger partial charge in [0.1, 0.15) is 12.4 Å². The molecule has 0 spiro atoms. The van der Waals surface area contributed by atoms with Crippen molar-refractivity contribution < 1.29 is 19.5 Å². The second-order valence-electron chi connectivity index (χ2n) is 7.25. The van der Waals surface area contributed by atoms with E-state index in [9.17, 15) is 14.8 Å². The topological polar surface area (TPSA) is 96.1 Å². The second-order valence-corrected chi connectivity index (χ2v) is 7.25. The number of nitrogens with zero attached hydrogens (tertiary/aromatic N) is 2. The van der Waals surface area contributed by atoms with Gasteiger partial charge in [-0.1, -0.05) is 42.5 Å². The minimum atomic E-state index is -0.934. The van der Waals surface area contributed by atoms with Crippen LogP contribution in [0.5, 0.6) is 5.75 Å². The zero-order valence-electron chi connectivity index (χ0n) is 16.9. The van der Waals surface area contributed by atoms with Gasteiger partial charge in [0.15, 0.2) is 0 Å². The summed E-state index contributed by atoms with van der Waals surface area (Å²) in [6, 6.07) is 22.4. The fraction of sp³-hybridized carbons (Fsp3) is 0.167. The maximum Gasteiger partial charge on any atom is 0.338 e. The quantitative estimate of drug-likeness (QED) is 0.472. The number of hydrogen-bond acceptors (Lipinski definition) is 4. The third kappa shape index (κ3) is 4.51. The minimum absolute atomic E-state index is 0.0448. The van der Waals surface area contributed by atoms with Crippen molar-refractivity contribution in [1.82, 2.24) is 5.06 Å². The lowest BCUT2D eigenvalue weighted by Gasteiger charge is -2.29. The molecule has 0 saturated heterocycles. The monoisotopic (exact) mass is 417 g/mol. The van der Waals surface area contributed by atoms with Crippen LogP contribution in [0.3, 0.4) is 0 Å². The predicted octanol–water partition coefficient (Wildman–Crippen LogP) is 3.71. The van der Waals surface area contributed by atoms with Gasteiger partial charge in [0.05, 0.1) is 6.54 Å². The van der Waals surface area contributed by atoms with Gasteiger partial charge in [-0.3, -0.25) is 10.0 Å². The third-order valence-electron chi connectivity index (χ3n) is 5.25. The first-order valence-corrected chi connectivity index (χ1v) is 10.0.